The van der Waals surface area contributed by atoms with Gasteiger partial charge in [-0.05, 0) is 61.6 Å². The number of amides is 1. The van der Waals surface area contributed by atoms with Crippen molar-refractivity contribution in [2.24, 2.45) is 11.3 Å². The lowest BCUT2D eigenvalue weighted by atomic mass is 9.72. The minimum absolute atomic E-state index is 0.145. The number of fused-ring (bicyclic) bond motifs is 5. The number of carbonyl (C=O) groups excluding carboxylic acids is 1. The van der Waals surface area contributed by atoms with Gasteiger partial charge in [0, 0.05) is 10.6 Å². The normalized spacial score (nSPS) is 16.3. The fourth-order valence-electron chi connectivity index (χ4n) is 4.82. The predicted molar refractivity (Wildman–Crippen MR) is 132 cm³/mol. The van der Waals surface area contributed by atoms with Crippen LogP contribution in [0.5, 0.6) is 0 Å². The molecular formula is C25H29N5O2S. The molecule has 3 heterocycles. The summed E-state index contributed by atoms with van der Waals surface area (Å²) in [6.45, 7) is 10.7. The molecule has 172 valence electrons. The van der Waals surface area contributed by atoms with Gasteiger partial charge < -0.3 is 5.32 Å². The summed E-state index contributed by atoms with van der Waals surface area (Å²) in [6.07, 6.45) is 4.66. The highest BCUT2D eigenvalue weighted by Gasteiger charge is 2.32. The zero-order chi connectivity index (χ0) is 23.5. The number of anilines is 1. The molecule has 1 N–H and O–H groups in total. The Labute approximate surface area is 196 Å². The molecule has 0 radical (unpaired) electrons. The smallest absolute Gasteiger partial charge is 0.324 e. The molecule has 7 nitrogen and oxygen atoms in total. The van der Waals surface area contributed by atoms with Crippen molar-refractivity contribution in [2.45, 2.75) is 60.4 Å². The molecule has 0 bridgehead atoms. The van der Waals surface area contributed by atoms with Gasteiger partial charge in [-0.1, -0.05) is 38.5 Å². The molecule has 0 saturated heterocycles. The number of aromatic nitrogens is 4. The van der Waals surface area contributed by atoms with Crippen LogP contribution >= 0.6 is 11.3 Å². The summed E-state index contributed by atoms with van der Waals surface area (Å²) in [6, 6.07) is 5.84. The van der Waals surface area contributed by atoms with Gasteiger partial charge in [0.2, 0.25) is 5.91 Å². The predicted octanol–water partition coefficient (Wildman–Crippen LogP) is 4.51. The van der Waals surface area contributed by atoms with Gasteiger partial charge in [0.25, 0.3) is 0 Å². The molecule has 0 unspecified atom stereocenters. The van der Waals surface area contributed by atoms with E-state index in [2.05, 4.69) is 36.2 Å². The van der Waals surface area contributed by atoms with Crippen LogP contribution in [0.4, 0.5) is 5.69 Å². The third-order valence-corrected chi connectivity index (χ3v) is 7.97. The number of nitrogens with one attached hydrogen (secondary N) is 1. The van der Waals surface area contributed by atoms with Crippen molar-refractivity contribution in [1.29, 1.82) is 0 Å². The number of aryl methyl sites for hydroxylation is 3. The molecule has 1 amide bonds. The Bertz CT molecular complexity index is 1450. The highest BCUT2D eigenvalue weighted by Crippen LogP contribution is 2.43. The van der Waals surface area contributed by atoms with Gasteiger partial charge in [-0.3, -0.25) is 4.79 Å². The van der Waals surface area contributed by atoms with Gasteiger partial charge in [0.05, 0.1) is 5.39 Å². The van der Waals surface area contributed by atoms with E-state index in [0.29, 0.717) is 11.6 Å². The minimum Gasteiger partial charge on any atom is -0.324 e. The van der Waals surface area contributed by atoms with E-state index in [1.165, 1.54) is 25.9 Å². The minimum atomic E-state index is -0.349. The van der Waals surface area contributed by atoms with E-state index in [1.807, 2.05) is 32.0 Å². The van der Waals surface area contributed by atoms with Gasteiger partial charge in [-0.25, -0.2) is 18.9 Å². The summed E-state index contributed by atoms with van der Waals surface area (Å²) in [4.78, 5) is 32.5. The molecule has 33 heavy (non-hydrogen) atoms. The average Bonchev–Trinajstić information content (AvgIpc) is 3.26. The first kappa shape index (κ1) is 21.8. The van der Waals surface area contributed by atoms with Crippen molar-refractivity contribution >= 4 is 38.8 Å². The maximum Gasteiger partial charge on any atom is 0.352 e. The first-order valence-corrected chi connectivity index (χ1v) is 12.2. The maximum atomic E-state index is 13.0. The van der Waals surface area contributed by atoms with Crippen LogP contribution in [0.3, 0.4) is 0 Å². The molecule has 1 aliphatic rings. The molecule has 1 atom stereocenters. The zero-order valence-electron chi connectivity index (χ0n) is 19.7. The first-order chi connectivity index (χ1) is 15.6. The van der Waals surface area contributed by atoms with Crippen LogP contribution in [0.25, 0.3) is 15.9 Å². The number of rotatable bonds is 3. The van der Waals surface area contributed by atoms with Crippen LogP contribution in [-0.4, -0.2) is 25.1 Å². The number of benzene rings is 1. The number of nitrogens with zero attached hydrogens (tertiary/aromatic N) is 4. The maximum absolute atomic E-state index is 13.0. The fourth-order valence-corrected chi connectivity index (χ4v) is 6.08. The van der Waals surface area contributed by atoms with Gasteiger partial charge in [-0.15, -0.1) is 16.4 Å². The monoisotopic (exact) mass is 463 g/mol. The summed E-state index contributed by atoms with van der Waals surface area (Å²) in [7, 11) is 0. The Morgan fingerprint density at radius 2 is 2.06 bits per heavy atom. The van der Waals surface area contributed by atoms with Gasteiger partial charge in [0.1, 0.15) is 17.7 Å². The lowest BCUT2D eigenvalue weighted by Gasteiger charge is -2.33. The third kappa shape index (κ3) is 3.86. The zero-order valence-corrected chi connectivity index (χ0v) is 20.5. The van der Waals surface area contributed by atoms with E-state index in [0.717, 1.165) is 46.3 Å². The van der Waals surface area contributed by atoms with Crippen LogP contribution in [0.1, 0.15) is 48.8 Å². The van der Waals surface area contributed by atoms with Gasteiger partial charge in [-0.2, -0.15) is 0 Å². The van der Waals surface area contributed by atoms with E-state index < -0.39 is 0 Å². The van der Waals surface area contributed by atoms with Gasteiger partial charge in [0.15, 0.2) is 5.65 Å². The Kier molecular flexibility index (Phi) is 5.16. The average molecular weight is 464 g/mol. The van der Waals surface area contributed by atoms with Crippen molar-refractivity contribution in [2.75, 3.05) is 5.32 Å². The molecule has 0 saturated carbocycles. The molecule has 0 aliphatic heterocycles. The number of hydrogen-bond acceptors (Lipinski definition) is 5. The largest absolute Gasteiger partial charge is 0.352 e. The van der Waals surface area contributed by atoms with E-state index >= 15 is 0 Å². The van der Waals surface area contributed by atoms with Crippen molar-refractivity contribution in [1.82, 2.24) is 19.2 Å². The van der Waals surface area contributed by atoms with Crippen LogP contribution in [0, 0.1) is 25.2 Å². The van der Waals surface area contributed by atoms with Crippen molar-refractivity contribution in [3.63, 3.8) is 0 Å². The number of hydrogen-bond donors (Lipinski definition) is 1. The summed E-state index contributed by atoms with van der Waals surface area (Å²) in [5.74, 6) is 0.347. The Morgan fingerprint density at radius 1 is 1.27 bits per heavy atom. The molecule has 3 aromatic heterocycles. The summed E-state index contributed by atoms with van der Waals surface area (Å²) in [5.41, 5.74) is 4.63. The SMILES string of the molecule is Cc1ccc(NC(=O)Cn2nc3c4c5c(sc4ncn3c2=O)C[C@@H](C(C)(C)C)CC5)c(C)c1. The second kappa shape index (κ2) is 7.80. The number of carbonyl (C=O) groups is 1. The molecule has 0 spiro atoms. The van der Waals surface area contributed by atoms with E-state index in [1.54, 1.807) is 11.3 Å². The lowest BCUT2D eigenvalue weighted by Crippen LogP contribution is -2.28. The van der Waals surface area contributed by atoms with E-state index in [4.69, 9.17) is 0 Å². The lowest BCUT2D eigenvalue weighted by molar-refractivity contribution is -0.117. The second-order valence-electron chi connectivity index (χ2n) is 10.2. The molecule has 1 aliphatic carbocycles. The summed E-state index contributed by atoms with van der Waals surface area (Å²) in [5, 5.41) is 8.44. The van der Waals surface area contributed by atoms with Crippen LogP contribution < -0.4 is 11.0 Å². The Balaban J connectivity index is 1.48. The molecule has 8 heteroatoms. The molecular weight excluding hydrogens is 434 g/mol. The highest BCUT2D eigenvalue weighted by atomic mass is 32.1. The van der Waals surface area contributed by atoms with Crippen molar-refractivity contribution in [3.8, 4) is 0 Å². The van der Waals surface area contributed by atoms with Crippen LogP contribution in [0.2, 0.25) is 0 Å². The highest BCUT2D eigenvalue weighted by molar-refractivity contribution is 7.19. The van der Waals surface area contributed by atoms with Crippen LogP contribution in [-0.2, 0) is 24.2 Å². The van der Waals surface area contributed by atoms with Crippen molar-refractivity contribution in [3.05, 3.63) is 56.6 Å². The Morgan fingerprint density at radius 3 is 2.79 bits per heavy atom. The standard InChI is InChI=1S/C25H29N5O2S/c1-14-6-9-18(15(2)10-14)27-20(31)12-30-24(32)29-13-26-23-21(22(29)28-30)17-8-7-16(25(3,4)5)11-19(17)33-23/h6,9-10,13,16H,7-8,11-12H2,1-5H3,(H,27,31)/t16-/m0/s1. The molecule has 4 aromatic rings. The molecule has 5 rings (SSSR count). The van der Waals surface area contributed by atoms with Gasteiger partial charge >= 0.3 is 5.69 Å². The number of thiophene rings is 1. The molecule has 1 aromatic carbocycles. The quantitative estimate of drug-likeness (QED) is 0.485. The Hall–Kier alpha value is -3.00. The van der Waals surface area contributed by atoms with Crippen molar-refractivity contribution < 1.29 is 4.79 Å². The summed E-state index contributed by atoms with van der Waals surface area (Å²) >= 11 is 1.71. The first-order valence-electron chi connectivity index (χ1n) is 11.4. The second-order valence-corrected chi connectivity index (χ2v) is 11.3. The molecule has 0 fully saturated rings. The third-order valence-electron chi connectivity index (χ3n) is 6.81. The fraction of sp³-hybridized carbons (Fsp3) is 0.440. The van der Waals surface area contributed by atoms with E-state index in [-0.39, 0.29) is 23.6 Å². The van der Waals surface area contributed by atoms with Crippen LogP contribution in [0.15, 0.2) is 29.3 Å². The van der Waals surface area contributed by atoms with E-state index in [9.17, 15) is 9.59 Å². The topological polar surface area (TPSA) is 81.3 Å². The summed E-state index contributed by atoms with van der Waals surface area (Å²) < 4.78 is 2.70.